The number of amides is 2. The van der Waals surface area contributed by atoms with Gasteiger partial charge in [0.15, 0.2) is 25.0 Å². The van der Waals surface area contributed by atoms with Crippen molar-refractivity contribution >= 4 is 42.7 Å². The van der Waals surface area contributed by atoms with E-state index < -0.39 is 61.2 Å². The number of aliphatic hydroxyl groups is 1. The van der Waals surface area contributed by atoms with Crippen molar-refractivity contribution in [1.82, 2.24) is 5.06 Å². The van der Waals surface area contributed by atoms with Crippen molar-refractivity contribution < 1.29 is 47.1 Å². The van der Waals surface area contributed by atoms with Gasteiger partial charge in [0.1, 0.15) is 11.9 Å². The summed E-state index contributed by atoms with van der Waals surface area (Å²) in [7, 11) is -4.06. The minimum Gasteiger partial charge on any atom is -0.446 e. The van der Waals surface area contributed by atoms with E-state index in [1.54, 1.807) is 27.0 Å². The Kier molecular flexibility index (Phi) is 26.3. The van der Waals surface area contributed by atoms with E-state index in [0.717, 1.165) is 12.0 Å². The van der Waals surface area contributed by atoms with Crippen molar-refractivity contribution in [3.05, 3.63) is 59.7 Å². The van der Waals surface area contributed by atoms with Crippen LogP contribution in [0.2, 0.25) is 54.4 Å². The van der Waals surface area contributed by atoms with Gasteiger partial charge in [0.2, 0.25) is 0 Å². The lowest BCUT2D eigenvalue weighted by molar-refractivity contribution is -0.177. The number of ketones is 1. The molecule has 72 heavy (non-hydrogen) atoms. The predicted octanol–water partition coefficient (Wildman–Crippen LogP) is 13.5. The monoisotopic (exact) mass is 1060 g/mol. The number of hydroxylamine groups is 2. The number of benzene rings is 1. The third kappa shape index (κ3) is 20.6. The summed E-state index contributed by atoms with van der Waals surface area (Å²) in [5.74, 6) is -2.25. The topological polar surface area (TPSA) is 156 Å². The molecule has 8 unspecified atom stereocenters. The van der Waals surface area contributed by atoms with E-state index in [1.165, 1.54) is 17.7 Å². The maximum Gasteiger partial charge on any atom is 0.404 e. The molecule has 0 aromatic heterocycles. The van der Waals surface area contributed by atoms with Crippen LogP contribution in [0.5, 0.6) is 0 Å². The van der Waals surface area contributed by atoms with E-state index in [2.05, 4.69) is 142 Å². The highest BCUT2D eigenvalue weighted by atomic mass is 28.4. The first-order valence-electron chi connectivity index (χ1n) is 26.6. The Bertz CT molecular complexity index is 1890. The van der Waals surface area contributed by atoms with E-state index in [1.807, 2.05) is 43.3 Å². The smallest absolute Gasteiger partial charge is 0.404 e. The number of nitrogens with zero attached hydrogens (tertiary/aromatic N) is 1. The second-order valence-corrected chi connectivity index (χ2v) is 40.2. The lowest BCUT2D eigenvalue weighted by atomic mass is 9.81. The molecule has 12 atom stereocenters. The van der Waals surface area contributed by atoms with Gasteiger partial charge < -0.3 is 33.6 Å². The second kappa shape index (κ2) is 28.1. The lowest BCUT2D eigenvalue weighted by Crippen LogP contribution is -2.51. The molecule has 1 rings (SSSR count). The Labute approximate surface area is 442 Å². The lowest BCUT2D eigenvalue weighted by Gasteiger charge is -2.45. The summed E-state index contributed by atoms with van der Waals surface area (Å²) >= 11 is 0. The van der Waals surface area contributed by atoms with E-state index in [9.17, 15) is 19.5 Å². The first-order chi connectivity index (χ1) is 32.6. The summed E-state index contributed by atoms with van der Waals surface area (Å²) in [5.41, 5.74) is 8.02. The normalized spacial score (nSPS) is 18.8. The van der Waals surface area contributed by atoms with Crippen LogP contribution in [0, 0.1) is 41.4 Å². The van der Waals surface area contributed by atoms with Crippen molar-refractivity contribution in [3.8, 4) is 0 Å². The van der Waals surface area contributed by atoms with Crippen LogP contribution < -0.4 is 5.73 Å². The molecular weight excluding hydrogens is 957 g/mol. The maximum atomic E-state index is 14.0. The number of primary amides is 1. The average molecular weight is 1060 g/mol. The largest absolute Gasteiger partial charge is 0.446 e. The molecule has 0 aliphatic carbocycles. The minimum absolute atomic E-state index is 0.0211. The van der Waals surface area contributed by atoms with Crippen molar-refractivity contribution in [2.75, 3.05) is 20.8 Å². The molecule has 15 heteroatoms. The zero-order valence-electron chi connectivity index (χ0n) is 50.0. The van der Waals surface area contributed by atoms with Crippen LogP contribution in [0.25, 0.3) is 0 Å². The van der Waals surface area contributed by atoms with Gasteiger partial charge in [-0.3, -0.25) is 14.4 Å². The zero-order valence-corrected chi connectivity index (χ0v) is 53.0. The SMILES string of the molecule is CON(C)C(=O)C(C)C(O[Si](C)(C)C(C)(C)C)C(C)C(=O)CC(O)/C=C\[C@H](C)[C@H](O[Si](C)(C)C(C)(C)C)[C@@H](C)/C=C(/C)CC(C)C(O[Si](C)(C)C(C)(C)C)C(C)C(OC(N)=O)[C@@H](C)COCc1ccccc1. The molecule has 3 N–H and O–H groups in total. The molecule has 1 aromatic rings. The van der Waals surface area contributed by atoms with E-state index in [-0.39, 0.29) is 75.0 Å². The molecule has 0 radical (unpaired) electrons. The molecule has 416 valence electrons. The Hall–Kier alpha value is -2.48. The van der Waals surface area contributed by atoms with Crippen LogP contribution in [-0.2, 0) is 43.8 Å². The number of hydrogen-bond acceptors (Lipinski definition) is 10. The number of ether oxygens (including phenoxy) is 2. The third-order valence-corrected chi connectivity index (χ3v) is 29.8. The van der Waals surface area contributed by atoms with E-state index in [4.69, 9.17) is 33.3 Å². The summed E-state index contributed by atoms with van der Waals surface area (Å²) in [6, 6.07) is 10.0. The number of rotatable bonds is 29. The van der Waals surface area contributed by atoms with Gasteiger partial charge in [-0.05, 0) is 91.1 Å². The van der Waals surface area contributed by atoms with Crippen LogP contribution in [0.15, 0.2) is 54.1 Å². The number of Topliss-reactive ketones (excluding diaryl/α,β-unsaturated/α-hetero) is 1. The predicted molar refractivity (Wildman–Crippen MR) is 304 cm³/mol. The summed E-state index contributed by atoms with van der Waals surface area (Å²) in [6.07, 6.45) is 3.04. The molecule has 12 nitrogen and oxygen atoms in total. The second-order valence-electron chi connectivity index (χ2n) is 25.9. The van der Waals surface area contributed by atoms with E-state index in [0.29, 0.717) is 13.2 Å². The molecule has 2 amide bonds. The summed E-state index contributed by atoms with van der Waals surface area (Å²) in [5, 5.41) is 12.4. The highest BCUT2D eigenvalue weighted by Crippen LogP contribution is 2.43. The van der Waals surface area contributed by atoms with Gasteiger partial charge in [0.25, 0.3) is 5.91 Å². The van der Waals surface area contributed by atoms with Gasteiger partial charge in [-0.15, -0.1) is 0 Å². The number of allylic oxidation sites excluding steroid dienone is 1. The Morgan fingerprint density at radius 1 is 0.667 bits per heavy atom. The molecule has 1 aromatic carbocycles. The van der Waals surface area contributed by atoms with Gasteiger partial charge in [0.05, 0.1) is 50.7 Å². The number of carbonyl (C=O) groups is 3. The Morgan fingerprint density at radius 3 is 1.60 bits per heavy atom. The fourth-order valence-corrected chi connectivity index (χ4v) is 12.9. The van der Waals surface area contributed by atoms with Gasteiger partial charge in [-0.25, -0.2) is 9.86 Å². The van der Waals surface area contributed by atoms with Gasteiger partial charge in [-0.1, -0.05) is 165 Å². The van der Waals surface area contributed by atoms with Gasteiger partial charge in [-0.2, -0.15) is 0 Å². The van der Waals surface area contributed by atoms with Crippen LogP contribution in [0.4, 0.5) is 4.79 Å². The molecule has 0 aliphatic heterocycles. The van der Waals surface area contributed by atoms with Crippen molar-refractivity contribution in [2.24, 2.45) is 47.2 Å². The number of hydrogen-bond donors (Lipinski definition) is 2. The quantitative estimate of drug-likeness (QED) is 0.0450. The third-order valence-electron chi connectivity index (χ3n) is 16.4. The highest BCUT2D eigenvalue weighted by molar-refractivity contribution is 6.75. The highest BCUT2D eigenvalue weighted by Gasteiger charge is 2.47. The Balaban J connectivity index is 3.59. The first kappa shape index (κ1) is 67.5. The van der Waals surface area contributed by atoms with E-state index >= 15 is 0 Å². The van der Waals surface area contributed by atoms with Crippen LogP contribution in [0.1, 0.15) is 136 Å². The maximum absolute atomic E-state index is 14.0. The number of aliphatic hydroxyl groups excluding tert-OH is 1. The standard InChI is InChI=1S/C57H106N2O10Si3/c1-38(34-41(4)51(68-71(22,23)56(12,13)14)44(7)50(66-54(58)63)42(5)36-65-37-46-29-27-26-28-30-46)33-40(3)49(67-70(20,21)55(9,10)11)39(2)31-32-47(60)35-48(61)43(6)52(45(8)53(62)59(18)64-19)69-72(24,25)57(15,16)17/h26-33,39-45,47,49-52,60H,34-37H2,1-25H3,(H2,58,63)/b32-31-,38-33-/t39-,40-,41?,42-,43?,44?,45?,47?,49-,50?,51?,52?/m0/s1. The molecule has 0 bridgehead atoms. The minimum atomic E-state index is -2.42. The summed E-state index contributed by atoms with van der Waals surface area (Å²) in [6.45, 7) is 50.4. The van der Waals surface area contributed by atoms with Crippen molar-refractivity contribution in [1.29, 1.82) is 0 Å². The summed E-state index contributed by atoms with van der Waals surface area (Å²) < 4.78 is 33.5. The van der Waals surface area contributed by atoms with Crippen molar-refractivity contribution in [2.45, 2.75) is 222 Å². The average Bonchev–Trinajstić information content (AvgIpc) is 3.25. The fraction of sp³-hybridized carbons (Fsp3) is 0.772. The van der Waals surface area contributed by atoms with Crippen molar-refractivity contribution in [3.63, 3.8) is 0 Å². The zero-order chi connectivity index (χ0) is 56.1. The molecule has 0 fully saturated rings. The van der Waals surface area contributed by atoms with Crippen LogP contribution in [-0.4, -0.2) is 104 Å². The first-order valence-corrected chi connectivity index (χ1v) is 35.3. The molecule has 0 heterocycles. The molecule has 0 aliphatic rings. The van der Waals surface area contributed by atoms with Gasteiger partial charge in [0, 0.05) is 31.2 Å². The molecule has 0 saturated carbocycles. The summed E-state index contributed by atoms with van der Waals surface area (Å²) in [4.78, 5) is 45.1. The molecule has 0 saturated heterocycles. The fourth-order valence-electron chi connectivity index (χ4n) is 8.53. The molecular formula is C57H106N2O10Si3. The number of carbonyl (C=O) groups excluding carboxylic acids is 3. The van der Waals surface area contributed by atoms with Crippen LogP contribution in [0.3, 0.4) is 0 Å². The number of nitrogens with two attached hydrogens (primary N) is 1. The molecule has 0 spiro atoms. The van der Waals surface area contributed by atoms with Crippen LogP contribution >= 0.6 is 0 Å². The Morgan fingerprint density at radius 2 is 1.14 bits per heavy atom. The van der Waals surface area contributed by atoms with Gasteiger partial charge >= 0.3 is 6.09 Å².